The van der Waals surface area contributed by atoms with Crippen LogP contribution in [-0.4, -0.2) is 35.3 Å². The van der Waals surface area contributed by atoms with E-state index in [2.05, 4.69) is 10.2 Å². The summed E-state index contributed by atoms with van der Waals surface area (Å²) in [5, 5.41) is 8.00. The van der Waals surface area contributed by atoms with Crippen LogP contribution in [0.15, 0.2) is 40.5 Å². The van der Waals surface area contributed by atoms with Gasteiger partial charge in [-0.3, -0.25) is 4.79 Å². The molecule has 0 atom stereocenters. The molecule has 0 N–H and O–H groups in total. The molecule has 0 radical (unpaired) electrons. The molecule has 4 heteroatoms. The lowest BCUT2D eigenvalue weighted by Gasteiger charge is -2.18. The second-order valence-corrected chi connectivity index (χ2v) is 3.74. The van der Waals surface area contributed by atoms with E-state index in [-0.39, 0.29) is 5.78 Å². The molecule has 0 aliphatic carbocycles. The van der Waals surface area contributed by atoms with Crippen molar-refractivity contribution in [2.75, 3.05) is 13.1 Å². The molecular formula is C13H15N3O. The van der Waals surface area contributed by atoms with E-state index in [0.29, 0.717) is 11.5 Å². The molecule has 0 saturated carbocycles. The average molecular weight is 229 g/mol. The van der Waals surface area contributed by atoms with Crippen molar-refractivity contribution < 1.29 is 4.79 Å². The van der Waals surface area contributed by atoms with Gasteiger partial charge in [-0.15, -0.1) is 10.2 Å². The number of Topliss-reactive ketones (excluding diaryl/α,β-unsaturated/α-hetero) is 1. The fraction of sp³-hybridized carbons (Fsp3) is 0.308. The summed E-state index contributed by atoms with van der Waals surface area (Å²) in [5.74, 6) is 0.369. The summed E-state index contributed by atoms with van der Waals surface area (Å²) in [5.41, 5.74) is 1.26. The highest BCUT2D eigenvalue weighted by atomic mass is 16.1. The van der Waals surface area contributed by atoms with Crippen molar-refractivity contribution in [2.45, 2.75) is 13.8 Å². The van der Waals surface area contributed by atoms with Crippen molar-refractivity contribution in [3.8, 4) is 0 Å². The molecule has 0 saturated heterocycles. The summed E-state index contributed by atoms with van der Waals surface area (Å²) >= 11 is 0. The van der Waals surface area contributed by atoms with Gasteiger partial charge in [-0.25, -0.2) is 0 Å². The maximum atomic E-state index is 12.2. The van der Waals surface area contributed by atoms with Crippen LogP contribution in [0.25, 0.3) is 0 Å². The molecule has 88 valence electrons. The predicted molar refractivity (Wildman–Crippen MR) is 68.3 cm³/mol. The molecule has 4 nitrogen and oxygen atoms in total. The highest BCUT2D eigenvalue weighted by molar-refractivity contribution is 6.70. The number of carbonyl (C=O) groups excluding carboxylic acids is 1. The van der Waals surface area contributed by atoms with Gasteiger partial charge in [-0.05, 0) is 13.8 Å². The molecule has 0 unspecified atom stereocenters. The standard InChI is InChI=1S/C13H15N3O/c1-3-16(4-2)13-12(17)11(14-15-13)10-8-6-5-7-9-10/h5-9H,3-4H2,1-2H3. The molecule has 17 heavy (non-hydrogen) atoms. The molecule has 0 aromatic heterocycles. The lowest BCUT2D eigenvalue weighted by atomic mass is 10.1. The van der Waals surface area contributed by atoms with Gasteiger partial charge in [0.05, 0.1) is 0 Å². The summed E-state index contributed by atoms with van der Waals surface area (Å²) in [7, 11) is 0. The third kappa shape index (κ3) is 2.11. The lowest BCUT2D eigenvalue weighted by molar-refractivity contribution is -0.107. The maximum absolute atomic E-state index is 12.2. The molecule has 0 amide bonds. The van der Waals surface area contributed by atoms with Crippen LogP contribution >= 0.6 is 0 Å². The summed E-state index contributed by atoms with van der Waals surface area (Å²) < 4.78 is 0. The zero-order chi connectivity index (χ0) is 12.3. The van der Waals surface area contributed by atoms with Crippen molar-refractivity contribution in [1.29, 1.82) is 0 Å². The van der Waals surface area contributed by atoms with Crippen LogP contribution in [0.2, 0.25) is 0 Å². The monoisotopic (exact) mass is 229 g/mol. The zero-order valence-electron chi connectivity index (χ0n) is 10.1. The summed E-state index contributed by atoms with van der Waals surface area (Å²) in [6.45, 7) is 5.52. The molecule has 1 aliphatic heterocycles. The van der Waals surface area contributed by atoms with Crippen molar-refractivity contribution >= 4 is 17.3 Å². The van der Waals surface area contributed by atoms with E-state index in [9.17, 15) is 4.79 Å². The van der Waals surface area contributed by atoms with Gasteiger partial charge in [0.25, 0.3) is 5.78 Å². The molecule has 1 aromatic carbocycles. The fourth-order valence-corrected chi connectivity index (χ4v) is 1.81. The van der Waals surface area contributed by atoms with E-state index >= 15 is 0 Å². The number of hydrogen-bond acceptors (Lipinski definition) is 4. The molecule has 2 rings (SSSR count). The van der Waals surface area contributed by atoms with Gasteiger partial charge >= 0.3 is 0 Å². The Morgan fingerprint density at radius 1 is 1.06 bits per heavy atom. The number of nitrogens with zero attached hydrogens (tertiary/aromatic N) is 3. The fourth-order valence-electron chi connectivity index (χ4n) is 1.81. The van der Waals surface area contributed by atoms with Crippen LogP contribution in [0.5, 0.6) is 0 Å². The third-order valence-electron chi connectivity index (χ3n) is 2.77. The first-order valence-electron chi connectivity index (χ1n) is 5.78. The Morgan fingerprint density at radius 3 is 2.29 bits per heavy atom. The Hall–Kier alpha value is -1.97. The topological polar surface area (TPSA) is 45.0 Å². The van der Waals surface area contributed by atoms with Gasteiger partial charge in [0.15, 0.2) is 0 Å². The highest BCUT2D eigenvalue weighted by Crippen LogP contribution is 2.10. The summed E-state index contributed by atoms with van der Waals surface area (Å²) in [4.78, 5) is 14.1. The minimum Gasteiger partial charge on any atom is -0.352 e. The van der Waals surface area contributed by atoms with Gasteiger partial charge in [0.2, 0.25) is 5.84 Å². The number of benzene rings is 1. The number of rotatable bonds is 3. The van der Waals surface area contributed by atoms with Crippen LogP contribution < -0.4 is 0 Å². The average Bonchev–Trinajstić information content (AvgIpc) is 2.75. The Bertz CT molecular complexity index is 473. The van der Waals surface area contributed by atoms with Gasteiger partial charge in [-0.2, -0.15) is 0 Å². The summed E-state index contributed by atoms with van der Waals surface area (Å²) in [6, 6.07) is 9.44. The van der Waals surface area contributed by atoms with Crippen molar-refractivity contribution in [1.82, 2.24) is 4.90 Å². The van der Waals surface area contributed by atoms with E-state index in [4.69, 9.17) is 0 Å². The SMILES string of the molecule is CCN(CC)C1=NN=C(c2ccccc2)C1=O. The highest BCUT2D eigenvalue weighted by Gasteiger charge is 2.28. The third-order valence-corrected chi connectivity index (χ3v) is 2.77. The molecule has 0 spiro atoms. The lowest BCUT2D eigenvalue weighted by Crippen LogP contribution is -2.37. The van der Waals surface area contributed by atoms with Crippen molar-refractivity contribution in [3.05, 3.63) is 35.9 Å². The molecular weight excluding hydrogens is 214 g/mol. The van der Waals surface area contributed by atoms with Crippen LogP contribution in [0, 0.1) is 0 Å². The minimum atomic E-state index is -0.0834. The van der Waals surface area contributed by atoms with Crippen LogP contribution in [0.3, 0.4) is 0 Å². The number of likely N-dealkylation sites (N-methyl/N-ethyl adjacent to an activating group) is 1. The number of amidine groups is 1. The largest absolute Gasteiger partial charge is 0.352 e. The first-order valence-corrected chi connectivity index (χ1v) is 5.78. The Balaban J connectivity index is 2.21. The number of ketones is 1. The Morgan fingerprint density at radius 2 is 1.71 bits per heavy atom. The molecule has 1 heterocycles. The Kier molecular flexibility index (Phi) is 3.32. The van der Waals surface area contributed by atoms with Gasteiger partial charge in [-0.1, -0.05) is 30.3 Å². The molecule has 1 aromatic rings. The molecule has 1 aliphatic rings. The van der Waals surface area contributed by atoms with E-state index < -0.39 is 0 Å². The maximum Gasteiger partial charge on any atom is 0.250 e. The van der Waals surface area contributed by atoms with E-state index in [1.54, 1.807) is 0 Å². The first kappa shape index (κ1) is 11.5. The van der Waals surface area contributed by atoms with E-state index in [0.717, 1.165) is 18.7 Å². The van der Waals surface area contributed by atoms with Gasteiger partial charge in [0.1, 0.15) is 5.71 Å². The van der Waals surface area contributed by atoms with E-state index in [1.165, 1.54) is 0 Å². The number of carbonyl (C=O) groups is 1. The van der Waals surface area contributed by atoms with Crippen LogP contribution in [-0.2, 0) is 4.79 Å². The predicted octanol–water partition coefficient (Wildman–Crippen LogP) is 1.71. The quantitative estimate of drug-likeness (QED) is 0.792. The molecule has 0 fully saturated rings. The Labute approximate surface area is 101 Å². The zero-order valence-corrected chi connectivity index (χ0v) is 10.1. The van der Waals surface area contributed by atoms with Crippen molar-refractivity contribution in [2.24, 2.45) is 10.2 Å². The van der Waals surface area contributed by atoms with Crippen molar-refractivity contribution in [3.63, 3.8) is 0 Å². The number of hydrogen-bond donors (Lipinski definition) is 0. The van der Waals surface area contributed by atoms with Crippen LogP contribution in [0.4, 0.5) is 0 Å². The van der Waals surface area contributed by atoms with Crippen LogP contribution in [0.1, 0.15) is 19.4 Å². The summed E-state index contributed by atoms with van der Waals surface area (Å²) in [6.07, 6.45) is 0. The normalized spacial score (nSPS) is 14.6. The smallest absolute Gasteiger partial charge is 0.250 e. The van der Waals surface area contributed by atoms with Gasteiger partial charge < -0.3 is 4.90 Å². The van der Waals surface area contributed by atoms with Gasteiger partial charge in [0, 0.05) is 18.7 Å². The second kappa shape index (κ2) is 4.91. The second-order valence-electron chi connectivity index (χ2n) is 3.74. The molecule has 0 bridgehead atoms. The first-order chi connectivity index (χ1) is 8.27. The minimum absolute atomic E-state index is 0.0834. The van der Waals surface area contributed by atoms with E-state index in [1.807, 2.05) is 49.1 Å².